The van der Waals surface area contributed by atoms with Crippen LogP contribution < -0.4 is 0 Å². The van der Waals surface area contributed by atoms with Crippen molar-refractivity contribution in [3.05, 3.63) is 57.6 Å². The van der Waals surface area contributed by atoms with Crippen molar-refractivity contribution in [2.75, 3.05) is 0 Å². The van der Waals surface area contributed by atoms with E-state index in [-0.39, 0.29) is 5.78 Å². The summed E-state index contributed by atoms with van der Waals surface area (Å²) in [6, 6.07) is 12.1. The number of benzene rings is 1. The molecular weight excluding hydrogens is 248 g/mol. The van der Waals surface area contributed by atoms with E-state index in [1.807, 2.05) is 41.1 Å². The average molecular weight is 258 g/mol. The van der Waals surface area contributed by atoms with E-state index in [9.17, 15) is 4.79 Å². The summed E-state index contributed by atoms with van der Waals surface area (Å²) in [6.45, 7) is 0. The third-order valence-electron chi connectivity index (χ3n) is 2.65. The molecule has 84 valence electrons. The molecule has 0 atom stereocenters. The zero-order valence-electron chi connectivity index (χ0n) is 9.05. The number of carbonyl (C=O) groups is 1. The third kappa shape index (κ3) is 2.16. The lowest BCUT2D eigenvalue weighted by molar-refractivity contribution is 0.0997. The molecule has 0 unspecified atom stereocenters. The molecule has 3 aromatic rings. The predicted molar refractivity (Wildman–Crippen MR) is 74.2 cm³/mol. The van der Waals surface area contributed by atoms with Gasteiger partial charge in [-0.2, -0.15) is 11.3 Å². The Morgan fingerprint density at radius 2 is 2.06 bits per heavy atom. The Balaban J connectivity index is 1.90. The van der Waals surface area contributed by atoms with Gasteiger partial charge >= 0.3 is 0 Å². The fourth-order valence-corrected chi connectivity index (χ4v) is 3.45. The molecule has 0 aliphatic carbocycles. The highest BCUT2D eigenvalue weighted by atomic mass is 32.1. The van der Waals surface area contributed by atoms with Crippen LogP contribution in [-0.4, -0.2) is 5.78 Å². The molecule has 0 fully saturated rings. The molecule has 17 heavy (non-hydrogen) atoms. The second-order valence-electron chi connectivity index (χ2n) is 3.88. The smallest absolute Gasteiger partial charge is 0.177 e. The monoisotopic (exact) mass is 258 g/mol. The number of hydrogen-bond donors (Lipinski definition) is 0. The van der Waals surface area contributed by atoms with Crippen molar-refractivity contribution >= 4 is 38.5 Å². The average Bonchev–Trinajstić information content (AvgIpc) is 2.96. The molecule has 0 saturated heterocycles. The number of hydrogen-bond acceptors (Lipinski definition) is 3. The van der Waals surface area contributed by atoms with Crippen molar-refractivity contribution < 1.29 is 4.79 Å². The molecule has 1 aromatic carbocycles. The summed E-state index contributed by atoms with van der Waals surface area (Å²) < 4.78 is 1.18. The van der Waals surface area contributed by atoms with Crippen LogP contribution in [-0.2, 0) is 6.42 Å². The second kappa shape index (κ2) is 4.43. The molecule has 2 heterocycles. The minimum atomic E-state index is 0.213. The van der Waals surface area contributed by atoms with Crippen LogP contribution in [0, 0.1) is 0 Å². The molecule has 0 radical (unpaired) electrons. The molecule has 0 spiro atoms. The number of thiophene rings is 2. The van der Waals surface area contributed by atoms with Gasteiger partial charge in [-0.25, -0.2) is 0 Å². The van der Waals surface area contributed by atoms with Crippen LogP contribution in [0.15, 0.2) is 47.2 Å². The van der Waals surface area contributed by atoms with Crippen LogP contribution >= 0.6 is 22.7 Å². The first-order valence-corrected chi connectivity index (χ1v) is 7.12. The van der Waals surface area contributed by atoms with E-state index in [0.717, 1.165) is 15.8 Å². The van der Waals surface area contributed by atoms with E-state index in [2.05, 4.69) is 6.07 Å². The summed E-state index contributed by atoms with van der Waals surface area (Å²) in [7, 11) is 0. The number of carbonyl (C=O) groups excluding carboxylic acids is 1. The lowest BCUT2D eigenvalue weighted by Crippen LogP contribution is -1.99. The maximum atomic E-state index is 12.1. The van der Waals surface area contributed by atoms with Gasteiger partial charge in [-0.05, 0) is 39.9 Å². The maximum absolute atomic E-state index is 12.1. The third-order valence-corrected chi connectivity index (χ3v) is 4.53. The van der Waals surface area contributed by atoms with Gasteiger partial charge in [-0.3, -0.25) is 4.79 Å². The predicted octanol–water partition coefficient (Wildman–Crippen LogP) is 4.39. The highest BCUT2D eigenvalue weighted by molar-refractivity contribution is 7.20. The summed E-state index contributed by atoms with van der Waals surface area (Å²) in [5.74, 6) is 0.213. The molecular formula is C14H10OS2. The van der Waals surface area contributed by atoms with Crippen molar-refractivity contribution in [1.29, 1.82) is 0 Å². The molecule has 3 heteroatoms. The zero-order chi connectivity index (χ0) is 11.7. The van der Waals surface area contributed by atoms with E-state index in [0.29, 0.717) is 6.42 Å². The Bertz CT molecular complexity index is 617. The molecule has 3 rings (SSSR count). The molecule has 0 amide bonds. The highest BCUT2D eigenvalue weighted by Crippen LogP contribution is 2.26. The van der Waals surface area contributed by atoms with Crippen molar-refractivity contribution in [1.82, 2.24) is 0 Å². The Morgan fingerprint density at radius 1 is 1.18 bits per heavy atom. The number of fused-ring (bicyclic) bond motifs is 1. The number of rotatable bonds is 3. The van der Waals surface area contributed by atoms with Gasteiger partial charge in [0.2, 0.25) is 0 Å². The van der Waals surface area contributed by atoms with Crippen LogP contribution in [0.25, 0.3) is 10.1 Å². The summed E-state index contributed by atoms with van der Waals surface area (Å²) in [4.78, 5) is 13.0. The van der Waals surface area contributed by atoms with Crippen LogP contribution in [0.4, 0.5) is 0 Å². The van der Waals surface area contributed by atoms with Crippen molar-refractivity contribution in [3.8, 4) is 0 Å². The SMILES string of the molecule is O=C(Cc1ccsc1)c1cc2ccccc2s1. The Morgan fingerprint density at radius 3 is 2.82 bits per heavy atom. The number of Topliss-reactive ketones (excluding diaryl/α,β-unsaturated/α-hetero) is 1. The van der Waals surface area contributed by atoms with Gasteiger partial charge in [0, 0.05) is 11.1 Å². The Kier molecular flexibility index (Phi) is 2.79. The van der Waals surface area contributed by atoms with Crippen molar-refractivity contribution in [2.24, 2.45) is 0 Å². The van der Waals surface area contributed by atoms with Gasteiger partial charge in [0.1, 0.15) is 0 Å². The fraction of sp³-hybridized carbons (Fsp3) is 0.0714. The number of ketones is 1. The Labute approximate surface area is 107 Å². The van der Waals surface area contributed by atoms with Crippen molar-refractivity contribution in [3.63, 3.8) is 0 Å². The van der Waals surface area contributed by atoms with E-state index < -0.39 is 0 Å². The molecule has 2 aromatic heterocycles. The van der Waals surface area contributed by atoms with E-state index in [1.54, 1.807) is 22.7 Å². The normalized spacial score (nSPS) is 10.8. The lowest BCUT2D eigenvalue weighted by atomic mass is 10.1. The zero-order valence-corrected chi connectivity index (χ0v) is 10.7. The summed E-state index contributed by atoms with van der Waals surface area (Å²) in [6.07, 6.45) is 0.510. The van der Waals surface area contributed by atoms with E-state index in [4.69, 9.17) is 0 Å². The molecule has 0 bridgehead atoms. The highest BCUT2D eigenvalue weighted by Gasteiger charge is 2.10. The minimum Gasteiger partial charge on any atom is -0.293 e. The maximum Gasteiger partial charge on any atom is 0.177 e. The van der Waals surface area contributed by atoms with Gasteiger partial charge in [0.15, 0.2) is 5.78 Å². The summed E-state index contributed by atoms with van der Waals surface area (Å²) >= 11 is 3.21. The van der Waals surface area contributed by atoms with Crippen LogP contribution in [0.2, 0.25) is 0 Å². The first-order valence-electron chi connectivity index (χ1n) is 5.36. The molecule has 1 nitrogen and oxygen atoms in total. The first kappa shape index (κ1) is 10.7. The van der Waals surface area contributed by atoms with E-state index >= 15 is 0 Å². The van der Waals surface area contributed by atoms with Gasteiger partial charge < -0.3 is 0 Å². The summed E-state index contributed by atoms with van der Waals surface area (Å²) in [5.41, 5.74) is 1.11. The van der Waals surface area contributed by atoms with Crippen molar-refractivity contribution in [2.45, 2.75) is 6.42 Å². The van der Waals surface area contributed by atoms with Crippen LogP contribution in [0.5, 0.6) is 0 Å². The standard InChI is InChI=1S/C14H10OS2/c15-12(7-10-5-6-16-9-10)14-8-11-3-1-2-4-13(11)17-14/h1-6,8-9H,7H2. The first-order chi connectivity index (χ1) is 8.33. The Hall–Kier alpha value is -1.45. The quantitative estimate of drug-likeness (QED) is 0.637. The van der Waals surface area contributed by atoms with Gasteiger partial charge in [-0.1, -0.05) is 18.2 Å². The van der Waals surface area contributed by atoms with Gasteiger partial charge in [0.05, 0.1) is 4.88 Å². The fourth-order valence-electron chi connectivity index (χ4n) is 1.79. The lowest BCUT2D eigenvalue weighted by Gasteiger charge is -1.93. The topological polar surface area (TPSA) is 17.1 Å². The molecule has 0 saturated carbocycles. The van der Waals surface area contributed by atoms with Gasteiger partial charge in [-0.15, -0.1) is 11.3 Å². The molecule has 0 N–H and O–H groups in total. The van der Waals surface area contributed by atoms with E-state index in [1.165, 1.54) is 4.70 Å². The largest absolute Gasteiger partial charge is 0.293 e. The molecule has 0 aliphatic rings. The van der Waals surface area contributed by atoms with Crippen LogP contribution in [0.1, 0.15) is 15.2 Å². The van der Waals surface area contributed by atoms with Crippen LogP contribution in [0.3, 0.4) is 0 Å². The second-order valence-corrected chi connectivity index (χ2v) is 5.74. The van der Waals surface area contributed by atoms with Gasteiger partial charge in [0.25, 0.3) is 0 Å². The minimum absolute atomic E-state index is 0.213. The summed E-state index contributed by atoms with van der Waals surface area (Å²) in [5, 5.41) is 5.20. The molecule has 0 aliphatic heterocycles.